The molecule has 6 rings (SSSR count). The van der Waals surface area contributed by atoms with Gasteiger partial charge < -0.3 is 14.7 Å². The summed E-state index contributed by atoms with van der Waals surface area (Å²) in [7, 11) is 0. The van der Waals surface area contributed by atoms with Crippen molar-refractivity contribution in [1.29, 1.82) is 0 Å². The van der Waals surface area contributed by atoms with Crippen molar-refractivity contribution in [1.82, 2.24) is 19.0 Å². The quantitative estimate of drug-likeness (QED) is 0.268. The minimum absolute atomic E-state index is 0.401. The number of aromatic nitrogens is 3. The largest absolute Gasteiger partial charge is 0.480 e. The number of hydrogen-bond donors (Lipinski definition) is 2. The van der Waals surface area contributed by atoms with E-state index in [4.69, 9.17) is 0 Å². The maximum Gasteiger partial charge on any atom is 0.323 e. The van der Waals surface area contributed by atoms with Gasteiger partial charge in [0.1, 0.15) is 6.54 Å². The predicted octanol–water partition coefficient (Wildman–Crippen LogP) is 4.01. The molecule has 8 heteroatoms. The van der Waals surface area contributed by atoms with Crippen LogP contribution in [0.15, 0.2) is 94.8 Å². The van der Waals surface area contributed by atoms with Crippen molar-refractivity contribution < 1.29 is 9.90 Å². The fraction of sp³-hybridized carbons (Fsp3) is 0.167. The molecule has 3 aromatic carbocycles. The number of nitrogens with zero attached hydrogens (tertiary/aromatic N) is 3. The van der Waals surface area contributed by atoms with Crippen molar-refractivity contribution in [3.8, 4) is 5.69 Å². The molecule has 1 aliphatic heterocycles. The Labute approximate surface area is 217 Å². The second-order valence-electron chi connectivity index (χ2n) is 9.61. The fourth-order valence-corrected chi connectivity index (χ4v) is 5.25. The summed E-state index contributed by atoms with van der Waals surface area (Å²) in [6, 6.07) is 22.0. The monoisotopic (exact) mass is 506 g/mol. The van der Waals surface area contributed by atoms with Crippen LogP contribution >= 0.6 is 0 Å². The lowest BCUT2D eigenvalue weighted by Gasteiger charge is -2.26. The van der Waals surface area contributed by atoms with Crippen LogP contribution in [-0.4, -0.2) is 43.2 Å². The smallest absolute Gasteiger partial charge is 0.323 e. The number of carboxylic acid groups (broad SMARTS) is 1. The Kier molecular flexibility index (Phi) is 6.01. The van der Waals surface area contributed by atoms with Gasteiger partial charge in [-0.2, -0.15) is 0 Å². The second kappa shape index (κ2) is 9.64. The van der Waals surface area contributed by atoms with Crippen LogP contribution < -0.4 is 11.1 Å². The third kappa shape index (κ3) is 4.46. The third-order valence-corrected chi connectivity index (χ3v) is 7.12. The van der Waals surface area contributed by atoms with E-state index in [-0.39, 0.29) is 0 Å². The molecule has 0 unspecified atom stereocenters. The number of benzene rings is 3. The Morgan fingerprint density at radius 1 is 1.00 bits per heavy atom. The van der Waals surface area contributed by atoms with Gasteiger partial charge in [-0.25, -0.2) is 0 Å². The SMILES string of the molecule is O=C(O)Cn1c(=O)c(=O)[nH]c2ccc3ccc(-n4ccc(CN5CC=C(c6ccccc6)CC5)c4)cc3c21. The van der Waals surface area contributed by atoms with Gasteiger partial charge in [0.2, 0.25) is 0 Å². The number of hydrogen-bond acceptors (Lipinski definition) is 4. The first-order valence-corrected chi connectivity index (χ1v) is 12.5. The van der Waals surface area contributed by atoms with Gasteiger partial charge in [0.05, 0.1) is 11.0 Å². The molecule has 0 saturated heterocycles. The zero-order valence-corrected chi connectivity index (χ0v) is 20.6. The Morgan fingerprint density at radius 2 is 1.82 bits per heavy atom. The first-order chi connectivity index (χ1) is 18.5. The van der Waals surface area contributed by atoms with E-state index in [0.29, 0.717) is 16.4 Å². The van der Waals surface area contributed by atoms with Crippen LogP contribution in [0.5, 0.6) is 0 Å². The summed E-state index contributed by atoms with van der Waals surface area (Å²) in [6.45, 7) is 2.14. The van der Waals surface area contributed by atoms with Gasteiger partial charge in [0, 0.05) is 43.1 Å². The zero-order valence-electron chi connectivity index (χ0n) is 20.6. The average Bonchev–Trinajstić information content (AvgIpc) is 3.40. The van der Waals surface area contributed by atoms with Crippen LogP contribution in [0, 0.1) is 0 Å². The first-order valence-electron chi connectivity index (χ1n) is 12.5. The van der Waals surface area contributed by atoms with E-state index in [0.717, 1.165) is 41.7 Å². The summed E-state index contributed by atoms with van der Waals surface area (Å²) < 4.78 is 3.06. The molecule has 0 fully saturated rings. The predicted molar refractivity (Wildman–Crippen MR) is 148 cm³/mol. The van der Waals surface area contributed by atoms with Gasteiger partial charge in [0.25, 0.3) is 0 Å². The summed E-state index contributed by atoms with van der Waals surface area (Å²) in [6.07, 6.45) is 7.42. The molecule has 0 radical (unpaired) electrons. The molecule has 0 amide bonds. The van der Waals surface area contributed by atoms with Crippen LogP contribution in [-0.2, 0) is 17.9 Å². The maximum absolute atomic E-state index is 12.6. The minimum atomic E-state index is -1.19. The molecule has 0 spiro atoms. The molecule has 0 aliphatic carbocycles. The van der Waals surface area contributed by atoms with Crippen LogP contribution in [0.4, 0.5) is 0 Å². The average molecular weight is 507 g/mol. The number of aliphatic carboxylic acids is 1. The van der Waals surface area contributed by atoms with E-state index in [1.807, 2.05) is 41.1 Å². The summed E-state index contributed by atoms with van der Waals surface area (Å²) in [4.78, 5) is 41.2. The van der Waals surface area contributed by atoms with E-state index in [2.05, 4.69) is 52.5 Å². The normalized spacial score (nSPS) is 14.2. The van der Waals surface area contributed by atoms with Crippen molar-refractivity contribution in [3.63, 3.8) is 0 Å². The minimum Gasteiger partial charge on any atom is -0.480 e. The van der Waals surface area contributed by atoms with Crippen LogP contribution in [0.3, 0.4) is 0 Å². The van der Waals surface area contributed by atoms with E-state index < -0.39 is 23.6 Å². The van der Waals surface area contributed by atoms with Crippen LogP contribution in [0.25, 0.3) is 33.1 Å². The van der Waals surface area contributed by atoms with Gasteiger partial charge in [-0.05, 0) is 52.8 Å². The van der Waals surface area contributed by atoms with E-state index >= 15 is 0 Å². The summed E-state index contributed by atoms with van der Waals surface area (Å²) in [5.74, 6) is -1.19. The molecular weight excluding hydrogens is 480 g/mol. The number of nitrogens with one attached hydrogen (secondary N) is 1. The number of aromatic amines is 1. The molecular formula is C30H26N4O4. The lowest BCUT2D eigenvalue weighted by molar-refractivity contribution is -0.137. The second-order valence-corrected chi connectivity index (χ2v) is 9.61. The van der Waals surface area contributed by atoms with E-state index in [1.54, 1.807) is 6.07 Å². The highest BCUT2D eigenvalue weighted by Crippen LogP contribution is 2.27. The van der Waals surface area contributed by atoms with Crippen molar-refractivity contribution in [2.75, 3.05) is 13.1 Å². The number of carboxylic acids is 1. The number of H-pyrrole nitrogens is 1. The topological polar surface area (TPSA) is 100 Å². The standard InChI is InChI=1S/C30H26N4O4/c35-27(36)19-34-28-25-16-24(8-6-23(25)7-9-26(28)31-29(37)30(34)38)33-15-10-20(18-33)17-32-13-11-22(12-14-32)21-4-2-1-3-5-21/h1-11,15-16,18H,12-14,17,19H2,(H,31,37)(H,35,36). The molecule has 0 saturated carbocycles. The third-order valence-electron chi connectivity index (χ3n) is 7.12. The van der Waals surface area contributed by atoms with Crippen molar-refractivity contribution in [2.45, 2.75) is 19.5 Å². The Bertz CT molecular complexity index is 1830. The number of rotatable bonds is 6. The first kappa shape index (κ1) is 23.7. The van der Waals surface area contributed by atoms with E-state index in [9.17, 15) is 19.5 Å². The van der Waals surface area contributed by atoms with Gasteiger partial charge in [0.15, 0.2) is 0 Å². The lowest BCUT2D eigenvalue weighted by Crippen LogP contribution is -2.37. The molecule has 2 aromatic heterocycles. The van der Waals surface area contributed by atoms with Crippen LogP contribution in [0.1, 0.15) is 17.5 Å². The Balaban J connectivity index is 1.30. The molecule has 2 N–H and O–H groups in total. The van der Waals surface area contributed by atoms with Gasteiger partial charge in [-0.15, -0.1) is 0 Å². The maximum atomic E-state index is 12.6. The van der Waals surface area contributed by atoms with E-state index in [1.165, 1.54) is 16.7 Å². The summed E-state index contributed by atoms with van der Waals surface area (Å²) in [5, 5.41) is 10.9. The molecule has 8 nitrogen and oxygen atoms in total. The molecule has 190 valence electrons. The molecule has 5 aromatic rings. The van der Waals surface area contributed by atoms with Crippen LogP contribution in [0.2, 0.25) is 0 Å². The van der Waals surface area contributed by atoms with Gasteiger partial charge >= 0.3 is 17.1 Å². The lowest BCUT2D eigenvalue weighted by atomic mass is 9.99. The highest BCUT2D eigenvalue weighted by atomic mass is 16.4. The van der Waals surface area contributed by atoms with Crippen molar-refractivity contribution in [3.05, 3.63) is 117 Å². The molecule has 3 heterocycles. The van der Waals surface area contributed by atoms with Crippen molar-refractivity contribution >= 4 is 33.3 Å². The molecule has 0 atom stereocenters. The Hall–Kier alpha value is -4.69. The highest BCUT2D eigenvalue weighted by Gasteiger charge is 2.16. The van der Waals surface area contributed by atoms with Gasteiger partial charge in [-0.1, -0.05) is 48.5 Å². The van der Waals surface area contributed by atoms with Crippen molar-refractivity contribution in [2.24, 2.45) is 0 Å². The van der Waals surface area contributed by atoms with Gasteiger partial charge in [-0.3, -0.25) is 23.9 Å². The Morgan fingerprint density at radius 3 is 2.58 bits per heavy atom. The molecule has 0 bridgehead atoms. The summed E-state index contributed by atoms with van der Waals surface area (Å²) >= 11 is 0. The highest BCUT2D eigenvalue weighted by molar-refractivity contribution is 6.05. The zero-order chi connectivity index (χ0) is 26.2. The number of carbonyl (C=O) groups is 1. The summed E-state index contributed by atoms with van der Waals surface area (Å²) in [5.41, 5.74) is 3.85. The fourth-order valence-electron chi connectivity index (χ4n) is 5.25. The number of fused-ring (bicyclic) bond motifs is 3. The molecule has 1 aliphatic rings. The molecule has 38 heavy (non-hydrogen) atoms.